The second-order valence-corrected chi connectivity index (χ2v) is 6.05. The molecule has 0 unspecified atom stereocenters. The van der Waals surface area contributed by atoms with Crippen LogP contribution in [0.4, 0.5) is 14.5 Å². The number of carbonyl (C=O) groups is 2. The average Bonchev–Trinajstić information content (AvgIpc) is 2.73. The number of amides is 1. The van der Waals surface area contributed by atoms with E-state index in [1.807, 2.05) is 30.3 Å². The maximum Gasteiger partial charge on any atom is 0.338 e. The summed E-state index contributed by atoms with van der Waals surface area (Å²) in [5, 5.41) is 2.21. The van der Waals surface area contributed by atoms with Crippen molar-refractivity contribution in [3.8, 4) is 5.75 Å². The molecule has 148 valence electrons. The molecule has 0 saturated heterocycles. The predicted molar refractivity (Wildman–Crippen MR) is 102 cm³/mol. The van der Waals surface area contributed by atoms with Crippen LogP contribution in [-0.4, -0.2) is 18.5 Å². The summed E-state index contributed by atoms with van der Waals surface area (Å²) >= 11 is 0. The topological polar surface area (TPSA) is 64.6 Å². The summed E-state index contributed by atoms with van der Waals surface area (Å²) in [6.07, 6.45) is 0. The highest BCUT2D eigenvalue weighted by atomic mass is 19.1. The first-order valence-electron chi connectivity index (χ1n) is 8.70. The number of ether oxygens (including phenoxy) is 2. The van der Waals surface area contributed by atoms with Gasteiger partial charge in [0.15, 0.2) is 6.61 Å². The zero-order chi connectivity index (χ0) is 20.6. The molecule has 0 aliphatic heterocycles. The molecule has 3 aromatic carbocycles. The van der Waals surface area contributed by atoms with Crippen LogP contribution in [0.25, 0.3) is 0 Å². The Morgan fingerprint density at radius 3 is 2.31 bits per heavy atom. The molecule has 0 aliphatic rings. The summed E-state index contributed by atoms with van der Waals surface area (Å²) in [6.45, 7) is -0.216. The quantitative estimate of drug-likeness (QED) is 0.603. The van der Waals surface area contributed by atoms with Crippen LogP contribution in [0.1, 0.15) is 15.9 Å². The van der Waals surface area contributed by atoms with Crippen LogP contribution < -0.4 is 10.1 Å². The van der Waals surface area contributed by atoms with E-state index in [0.717, 1.165) is 17.7 Å². The number of anilines is 1. The van der Waals surface area contributed by atoms with Gasteiger partial charge < -0.3 is 14.8 Å². The second kappa shape index (κ2) is 9.45. The molecule has 0 fully saturated rings. The van der Waals surface area contributed by atoms with Crippen molar-refractivity contribution in [3.05, 3.63) is 95.6 Å². The SMILES string of the molecule is O=C(COC(=O)c1ccc(OCc2ccccc2)cc1)Nc1ccc(F)cc1F. The number of rotatable bonds is 7. The molecule has 7 heteroatoms. The monoisotopic (exact) mass is 397 g/mol. The van der Waals surface area contributed by atoms with Gasteiger partial charge in [0.25, 0.3) is 5.91 Å². The molecule has 0 bridgehead atoms. The fourth-order valence-corrected chi connectivity index (χ4v) is 2.42. The third-order valence-electron chi connectivity index (χ3n) is 3.88. The van der Waals surface area contributed by atoms with Crippen molar-refractivity contribution < 1.29 is 27.8 Å². The minimum Gasteiger partial charge on any atom is -0.489 e. The maximum atomic E-state index is 13.5. The van der Waals surface area contributed by atoms with Gasteiger partial charge in [0.2, 0.25) is 0 Å². The molecule has 29 heavy (non-hydrogen) atoms. The Balaban J connectivity index is 1.48. The summed E-state index contributed by atoms with van der Waals surface area (Å²) in [6, 6.07) is 18.6. The van der Waals surface area contributed by atoms with Crippen LogP contribution in [0.15, 0.2) is 72.8 Å². The van der Waals surface area contributed by atoms with Crippen LogP contribution >= 0.6 is 0 Å². The summed E-state index contributed by atoms with van der Waals surface area (Å²) in [5.41, 5.74) is 1.05. The van der Waals surface area contributed by atoms with Crippen molar-refractivity contribution >= 4 is 17.6 Å². The van der Waals surface area contributed by atoms with Gasteiger partial charge in [0, 0.05) is 6.07 Å². The van der Waals surface area contributed by atoms with Gasteiger partial charge in [-0.25, -0.2) is 13.6 Å². The molecule has 0 atom stereocenters. The summed E-state index contributed by atoms with van der Waals surface area (Å²) in [5.74, 6) is -2.56. The Hall–Kier alpha value is -3.74. The van der Waals surface area contributed by atoms with E-state index in [1.165, 1.54) is 12.1 Å². The first-order chi connectivity index (χ1) is 14.0. The number of nitrogens with one attached hydrogen (secondary N) is 1. The van der Waals surface area contributed by atoms with Gasteiger partial charge in [-0.3, -0.25) is 4.79 Å². The molecule has 0 aromatic heterocycles. The lowest BCUT2D eigenvalue weighted by Crippen LogP contribution is -2.21. The lowest BCUT2D eigenvalue weighted by Gasteiger charge is -2.09. The summed E-state index contributed by atoms with van der Waals surface area (Å²) in [7, 11) is 0. The van der Waals surface area contributed by atoms with Gasteiger partial charge in [0.05, 0.1) is 11.3 Å². The Labute approximate surface area is 165 Å². The van der Waals surface area contributed by atoms with E-state index in [-0.39, 0.29) is 11.3 Å². The van der Waals surface area contributed by atoms with E-state index in [2.05, 4.69) is 5.32 Å². The number of benzene rings is 3. The number of carbonyl (C=O) groups excluding carboxylic acids is 2. The molecular formula is C22H17F2NO4. The van der Waals surface area contributed by atoms with Crippen molar-refractivity contribution in [1.29, 1.82) is 0 Å². The number of halogens is 2. The van der Waals surface area contributed by atoms with E-state index < -0.39 is 30.1 Å². The van der Waals surface area contributed by atoms with E-state index in [4.69, 9.17) is 9.47 Å². The van der Waals surface area contributed by atoms with Gasteiger partial charge in [0.1, 0.15) is 24.0 Å². The number of hydrogen-bond acceptors (Lipinski definition) is 4. The third-order valence-corrected chi connectivity index (χ3v) is 3.88. The highest BCUT2D eigenvalue weighted by molar-refractivity contribution is 5.95. The van der Waals surface area contributed by atoms with Crippen LogP contribution in [0, 0.1) is 11.6 Å². The number of esters is 1. The lowest BCUT2D eigenvalue weighted by molar-refractivity contribution is -0.119. The molecule has 0 spiro atoms. The molecule has 3 rings (SSSR count). The van der Waals surface area contributed by atoms with Crippen LogP contribution in [0.3, 0.4) is 0 Å². The molecule has 0 radical (unpaired) electrons. The van der Waals surface area contributed by atoms with Crippen LogP contribution in [-0.2, 0) is 16.1 Å². The van der Waals surface area contributed by atoms with Gasteiger partial charge in [-0.1, -0.05) is 30.3 Å². The molecule has 0 heterocycles. The Kier molecular flexibility index (Phi) is 6.52. The Morgan fingerprint density at radius 2 is 1.62 bits per heavy atom. The first-order valence-corrected chi connectivity index (χ1v) is 8.70. The lowest BCUT2D eigenvalue weighted by atomic mass is 10.2. The van der Waals surface area contributed by atoms with Gasteiger partial charge in [-0.05, 0) is 42.0 Å². The smallest absolute Gasteiger partial charge is 0.338 e. The fraction of sp³-hybridized carbons (Fsp3) is 0.0909. The zero-order valence-electron chi connectivity index (χ0n) is 15.2. The van der Waals surface area contributed by atoms with E-state index in [9.17, 15) is 18.4 Å². The second-order valence-electron chi connectivity index (χ2n) is 6.05. The van der Waals surface area contributed by atoms with Crippen molar-refractivity contribution in [1.82, 2.24) is 0 Å². The van der Waals surface area contributed by atoms with Crippen LogP contribution in [0.2, 0.25) is 0 Å². The van der Waals surface area contributed by atoms with Crippen LogP contribution in [0.5, 0.6) is 5.75 Å². The summed E-state index contributed by atoms with van der Waals surface area (Å²) in [4.78, 5) is 23.8. The van der Waals surface area contributed by atoms with E-state index in [1.54, 1.807) is 12.1 Å². The van der Waals surface area contributed by atoms with Crippen molar-refractivity contribution in [3.63, 3.8) is 0 Å². The minimum absolute atomic E-state index is 0.202. The van der Waals surface area contributed by atoms with Crippen molar-refractivity contribution in [2.24, 2.45) is 0 Å². The van der Waals surface area contributed by atoms with E-state index in [0.29, 0.717) is 18.4 Å². The van der Waals surface area contributed by atoms with Gasteiger partial charge in [-0.15, -0.1) is 0 Å². The molecule has 1 N–H and O–H groups in total. The first kappa shape index (κ1) is 20.0. The minimum atomic E-state index is -0.921. The molecular weight excluding hydrogens is 380 g/mol. The van der Waals surface area contributed by atoms with Gasteiger partial charge >= 0.3 is 5.97 Å². The third kappa shape index (κ3) is 5.87. The largest absolute Gasteiger partial charge is 0.489 e. The molecule has 5 nitrogen and oxygen atoms in total. The molecule has 0 aliphatic carbocycles. The Morgan fingerprint density at radius 1 is 0.897 bits per heavy atom. The molecule has 0 saturated carbocycles. The normalized spacial score (nSPS) is 10.3. The maximum absolute atomic E-state index is 13.5. The highest BCUT2D eigenvalue weighted by Gasteiger charge is 2.12. The van der Waals surface area contributed by atoms with Crippen molar-refractivity contribution in [2.45, 2.75) is 6.61 Å². The standard InChI is InChI=1S/C22H17F2NO4/c23-17-8-11-20(19(24)12-17)25-21(26)14-29-22(27)16-6-9-18(10-7-16)28-13-15-4-2-1-3-5-15/h1-12H,13-14H2,(H,25,26). The zero-order valence-corrected chi connectivity index (χ0v) is 15.2. The van der Waals surface area contributed by atoms with Crippen molar-refractivity contribution in [2.75, 3.05) is 11.9 Å². The van der Waals surface area contributed by atoms with Gasteiger partial charge in [-0.2, -0.15) is 0 Å². The molecule has 1 amide bonds. The number of hydrogen-bond donors (Lipinski definition) is 1. The predicted octanol–water partition coefficient (Wildman–Crippen LogP) is 4.34. The Bertz CT molecular complexity index is 991. The highest BCUT2D eigenvalue weighted by Crippen LogP contribution is 2.16. The van der Waals surface area contributed by atoms with E-state index >= 15 is 0 Å². The average molecular weight is 397 g/mol. The fourth-order valence-electron chi connectivity index (χ4n) is 2.42. The molecule has 3 aromatic rings. The summed E-state index contributed by atoms with van der Waals surface area (Å²) < 4.78 is 36.9.